The van der Waals surface area contributed by atoms with Gasteiger partial charge in [-0.1, -0.05) is 23.2 Å². The molecule has 20 heavy (non-hydrogen) atoms. The van der Waals surface area contributed by atoms with E-state index in [0.29, 0.717) is 22.0 Å². The van der Waals surface area contributed by atoms with Crippen LogP contribution in [-0.4, -0.2) is 15.3 Å². The van der Waals surface area contributed by atoms with E-state index in [2.05, 4.69) is 4.98 Å². The van der Waals surface area contributed by atoms with Gasteiger partial charge in [0.05, 0.1) is 11.6 Å². The van der Waals surface area contributed by atoms with Crippen LogP contribution in [0.3, 0.4) is 0 Å². The Bertz CT molecular complexity index is 738. The van der Waals surface area contributed by atoms with Crippen molar-refractivity contribution in [3.05, 3.63) is 61.7 Å². The molecule has 0 radical (unpaired) electrons. The Balaban J connectivity index is 2.35. The molecule has 0 saturated heterocycles. The SMILES string of the molecule is Cc1cc(C)n(CC(=O)c2ccc(Cl)cc2Cl)c(=O)n1. The molecule has 0 unspecified atom stereocenters. The molecule has 0 aliphatic carbocycles. The molecular formula is C14H12Cl2N2O2. The number of hydrogen-bond acceptors (Lipinski definition) is 3. The smallest absolute Gasteiger partial charge is 0.292 e. The monoisotopic (exact) mass is 310 g/mol. The zero-order chi connectivity index (χ0) is 14.9. The number of halogens is 2. The van der Waals surface area contributed by atoms with Crippen LogP contribution < -0.4 is 5.69 Å². The topological polar surface area (TPSA) is 52.0 Å². The van der Waals surface area contributed by atoms with E-state index >= 15 is 0 Å². The fourth-order valence-corrected chi connectivity index (χ4v) is 2.43. The minimum absolute atomic E-state index is 0.0979. The zero-order valence-electron chi connectivity index (χ0n) is 11.0. The van der Waals surface area contributed by atoms with Crippen LogP contribution in [0.2, 0.25) is 10.0 Å². The van der Waals surface area contributed by atoms with E-state index in [1.54, 1.807) is 32.0 Å². The lowest BCUT2D eigenvalue weighted by molar-refractivity contribution is 0.0969. The molecule has 2 aromatic rings. The standard InChI is InChI=1S/C14H12Cl2N2O2/c1-8-5-9(2)18(14(20)17-8)7-13(19)11-4-3-10(15)6-12(11)16/h3-6H,7H2,1-2H3. The molecule has 0 amide bonds. The molecule has 4 nitrogen and oxygen atoms in total. The summed E-state index contributed by atoms with van der Waals surface area (Å²) >= 11 is 11.8. The minimum Gasteiger partial charge on any atom is -0.292 e. The van der Waals surface area contributed by atoms with Gasteiger partial charge in [-0.3, -0.25) is 9.36 Å². The molecule has 0 aliphatic rings. The van der Waals surface area contributed by atoms with Crippen LogP contribution in [0, 0.1) is 13.8 Å². The maximum Gasteiger partial charge on any atom is 0.348 e. The van der Waals surface area contributed by atoms with Gasteiger partial charge in [0.2, 0.25) is 0 Å². The number of carbonyl (C=O) groups is 1. The van der Waals surface area contributed by atoms with Crippen molar-refractivity contribution in [3.8, 4) is 0 Å². The number of hydrogen-bond donors (Lipinski definition) is 0. The van der Waals surface area contributed by atoms with Crippen LogP contribution in [0.25, 0.3) is 0 Å². The molecule has 1 heterocycles. The van der Waals surface area contributed by atoms with Crippen molar-refractivity contribution in [1.82, 2.24) is 9.55 Å². The van der Waals surface area contributed by atoms with E-state index < -0.39 is 5.69 Å². The lowest BCUT2D eigenvalue weighted by Crippen LogP contribution is -2.29. The molecule has 1 aromatic carbocycles. The third-order valence-corrected chi connectivity index (χ3v) is 3.43. The van der Waals surface area contributed by atoms with Gasteiger partial charge in [-0.05, 0) is 38.1 Å². The van der Waals surface area contributed by atoms with Gasteiger partial charge in [0.25, 0.3) is 0 Å². The molecule has 0 fully saturated rings. The first-order chi connectivity index (χ1) is 9.38. The largest absolute Gasteiger partial charge is 0.348 e. The first kappa shape index (κ1) is 14.8. The van der Waals surface area contributed by atoms with Gasteiger partial charge in [-0.15, -0.1) is 0 Å². The van der Waals surface area contributed by atoms with Gasteiger partial charge in [-0.2, -0.15) is 4.98 Å². The lowest BCUT2D eigenvalue weighted by atomic mass is 10.1. The Morgan fingerprint density at radius 1 is 1.25 bits per heavy atom. The number of nitrogens with zero attached hydrogens (tertiary/aromatic N) is 2. The van der Waals surface area contributed by atoms with Crippen LogP contribution in [-0.2, 0) is 6.54 Å². The summed E-state index contributed by atoms with van der Waals surface area (Å²) in [4.78, 5) is 27.9. The molecule has 1 aromatic heterocycles. The summed E-state index contributed by atoms with van der Waals surface area (Å²) in [5.74, 6) is -0.262. The van der Waals surface area contributed by atoms with Crippen molar-refractivity contribution >= 4 is 29.0 Å². The molecular weight excluding hydrogens is 299 g/mol. The average Bonchev–Trinajstić information content (AvgIpc) is 2.33. The van der Waals surface area contributed by atoms with Crippen molar-refractivity contribution in [2.45, 2.75) is 20.4 Å². The Kier molecular flexibility index (Phi) is 4.26. The molecule has 0 bridgehead atoms. The highest BCUT2D eigenvalue weighted by atomic mass is 35.5. The van der Waals surface area contributed by atoms with Crippen molar-refractivity contribution in [2.75, 3.05) is 0 Å². The Morgan fingerprint density at radius 3 is 2.55 bits per heavy atom. The van der Waals surface area contributed by atoms with Crippen molar-refractivity contribution < 1.29 is 4.79 Å². The number of aromatic nitrogens is 2. The fourth-order valence-electron chi connectivity index (χ4n) is 1.91. The van der Waals surface area contributed by atoms with Crippen LogP contribution >= 0.6 is 23.2 Å². The molecule has 2 rings (SSSR count). The normalized spacial score (nSPS) is 10.6. The van der Waals surface area contributed by atoms with Gasteiger partial charge >= 0.3 is 5.69 Å². The Morgan fingerprint density at radius 2 is 1.95 bits per heavy atom. The molecule has 0 saturated carbocycles. The quantitative estimate of drug-likeness (QED) is 0.819. The molecule has 6 heteroatoms. The highest BCUT2D eigenvalue weighted by Crippen LogP contribution is 2.21. The second-order valence-electron chi connectivity index (χ2n) is 4.45. The predicted octanol–water partition coefficient (Wildman–Crippen LogP) is 3.05. The number of Topliss-reactive ketones (excluding diaryl/α,β-unsaturated/α-hetero) is 1. The van der Waals surface area contributed by atoms with Gasteiger partial charge in [0, 0.05) is 22.0 Å². The predicted molar refractivity (Wildman–Crippen MR) is 78.8 cm³/mol. The first-order valence-electron chi connectivity index (χ1n) is 5.92. The number of ketones is 1. The van der Waals surface area contributed by atoms with E-state index in [9.17, 15) is 9.59 Å². The third-order valence-electron chi connectivity index (χ3n) is 2.88. The number of carbonyl (C=O) groups excluding carboxylic acids is 1. The number of benzene rings is 1. The molecule has 0 atom stereocenters. The van der Waals surface area contributed by atoms with Gasteiger partial charge in [0.15, 0.2) is 5.78 Å². The molecule has 0 N–H and O–H groups in total. The van der Waals surface area contributed by atoms with Crippen LogP contribution in [0.4, 0.5) is 0 Å². The average molecular weight is 311 g/mol. The second-order valence-corrected chi connectivity index (χ2v) is 5.30. The van der Waals surface area contributed by atoms with Crippen LogP contribution in [0.5, 0.6) is 0 Å². The summed E-state index contributed by atoms with van der Waals surface area (Å²) in [6.07, 6.45) is 0. The lowest BCUT2D eigenvalue weighted by Gasteiger charge is -2.10. The van der Waals surface area contributed by atoms with Crippen molar-refractivity contribution in [1.29, 1.82) is 0 Å². The van der Waals surface area contributed by atoms with Crippen molar-refractivity contribution in [3.63, 3.8) is 0 Å². The summed E-state index contributed by atoms with van der Waals surface area (Å²) in [6, 6.07) is 6.39. The second kappa shape index (κ2) is 5.77. The summed E-state index contributed by atoms with van der Waals surface area (Å²) in [7, 11) is 0. The van der Waals surface area contributed by atoms with E-state index in [0.717, 1.165) is 0 Å². The van der Waals surface area contributed by atoms with E-state index in [1.807, 2.05) is 0 Å². The minimum atomic E-state index is -0.444. The number of aryl methyl sites for hydroxylation is 2. The molecule has 0 spiro atoms. The highest BCUT2D eigenvalue weighted by Gasteiger charge is 2.14. The van der Waals surface area contributed by atoms with E-state index in [1.165, 1.54) is 10.6 Å². The first-order valence-corrected chi connectivity index (χ1v) is 6.67. The maximum atomic E-state index is 12.2. The Hall–Kier alpha value is -1.65. The highest BCUT2D eigenvalue weighted by molar-refractivity contribution is 6.36. The zero-order valence-corrected chi connectivity index (χ0v) is 12.5. The fraction of sp³-hybridized carbons (Fsp3) is 0.214. The van der Waals surface area contributed by atoms with Crippen LogP contribution in [0.1, 0.15) is 21.7 Å². The molecule has 104 valence electrons. The van der Waals surface area contributed by atoms with Gasteiger partial charge in [0.1, 0.15) is 0 Å². The van der Waals surface area contributed by atoms with Gasteiger partial charge in [-0.25, -0.2) is 4.79 Å². The van der Waals surface area contributed by atoms with E-state index in [4.69, 9.17) is 23.2 Å². The number of rotatable bonds is 3. The molecule has 0 aliphatic heterocycles. The Labute approximate surface area is 126 Å². The van der Waals surface area contributed by atoms with E-state index in [-0.39, 0.29) is 17.4 Å². The van der Waals surface area contributed by atoms with Crippen molar-refractivity contribution in [2.24, 2.45) is 0 Å². The summed E-state index contributed by atoms with van der Waals surface area (Å²) in [5, 5.41) is 0.727. The summed E-state index contributed by atoms with van der Waals surface area (Å²) < 4.78 is 1.32. The summed E-state index contributed by atoms with van der Waals surface area (Å²) in [5.41, 5.74) is 1.20. The summed E-state index contributed by atoms with van der Waals surface area (Å²) in [6.45, 7) is 3.39. The maximum absolute atomic E-state index is 12.2. The van der Waals surface area contributed by atoms with Crippen LogP contribution in [0.15, 0.2) is 29.1 Å². The third kappa shape index (κ3) is 3.08. The van der Waals surface area contributed by atoms with Gasteiger partial charge < -0.3 is 0 Å².